The van der Waals surface area contributed by atoms with Gasteiger partial charge in [0.15, 0.2) is 11.5 Å². The van der Waals surface area contributed by atoms with E-state index in [1.54, 1.807) is 27.4 Å². The van der Waals surface area contributed by atoms with Crippen LogP contribution in [0.3, 0.4) is 0 Å². The highest BCUT2D eigenvalue weighted by molar-refractivity contribution is 5.62. The van der Waals surface area contributed by atoms with Gasteiger partial charge in [-0.2, -0.15) is 0 Å². The molecule has 0 saturated heterocycles. The molecule has 26 heavy (non-hydrogen) atoms. The molecule has 2 aromatic carbocycles. The van der Waals surface area contributed by atoms with Gasteiger partial charge >= 0.3 is 0 Å². The normalized spacial score (nSPS) is 10.4. The molecule has 0 radical (unpaired) electrons. The smallest absolute Gasteiger partial charge is 0.203 e. The lowest BCUT2D eigenvalue weighted by atomic mass is 10.1. The van der Waals surface area contributed by atoms with Crippen molar-refractivity contribution in [2.24, 2.45) is 0 Å². The third-order valence-corrected chi connectivity index (χ3v) is 3.54. The Hall–Kier alpha value is -3.08. The van der Waals surface area contributed by atoms with Crippen LogP contribution in [0.25, 0.3) is 6.08 Å². The molecule has 0 fully saturated rings. The highest BCUT2D eigenvalue weighted by Crippen LogP contribution is 2.38. The quantitative estimate of drug-likeness (QED) is 0.592. The lowest BCUT2D eigenvalue weighted by Crippen LogP contribution is -1.96. The first-order valence-electron chi connectivity index (χ1n) is 8.15. The second-order valence-electron chi connectivity index (χ2n) is 5.24. The van der Waals surface area contributed by atoms with Crippen LogP contribution >= 0.6 is 0 Å². The zero-order chi connectivity index (χ0) is 18.8. The number of ether oxygens (including phenoxy) is 5. The predicted molar refractivity (Wildman–Crippen MR) is 103 cm³/mol. The maximum atomic E-state index is 5.70. The molecule has 5 nitrogen and oxygen atoms in total. The number of rotatable bonds is 10. The minimum absolute atomic E-state index is 0.434. The molecule has 2 aromatic rings. The van der Waals surface area contributed by atoms with E-state index in [1.807, 2.05) is 48.6 Å². The molecule has 5 heteroatoms. The maximum absolute atomic E-state index is 5.70. The van der Waals surface area contributed by atoms with Crippen LogP contribution in [0.1, 0.15) is 5.56 Å². The van der Waals surface area contributed by atoms with Gasteiger partial charge in [-0.25, -0.2) is 0 Å². The van der Waals surface area contributed by atoms with Crippen LogP contribution in [-0.4, -0.2) is 34.5 Å². The molecule has 0 aromatic heterocycles. The maximum Gasteiger partial charge on any atom is 0.203 e. The third kappa shape index (κ3) is 5.21. The monoisotopic (exact) mass is 356 g/mol. The van der Waals surface area contributed by atoms with E-state index in [0.29, 0.717) is 30.5 Å². The van der Waals surface area contributed by atoms with Crippen LogP contribution in [0.15, 0.2) is 55.1 Å². The summed E-state index contributed by atoms with van der Waals surface area (Å²) in [4.78, 5) is 0. The first kappa shape index (κ1) is 19.2. The van der Waals surface area contributed by atoms with Gasteiger partial charge < -0.3 is 23.7 Å². The highest BCUT2D eigenvalue weighted by atomic mass is 16.5. The fourth-order valence-electron chi connectivity index (χ4n) is 2.31. The molecule has 0 unspecified atom stereocenters. The van der Waals surface area contributed by atoms with Crippen LogP contribution in [0.4, 0.5) is 0 Å². The van der Waals surface area contributed by atoms with E-state index in [1.165, 1.54) is 0 Å². The second kappa shape index (κ2) is 10.0. The lowest BCUT2D eigenvalue weighted by molar-refractivity contribution is 0.324. The molecule has 0 aliphatic heterocycles. The fraction of sp³-hybridized carbons (Fsp3) is 0.238. The van der Waals surface area contributed by atoms with E-state index >= 15 is 0 Å². The largest absolute Gasteiger partial charge is 0.493 e. The molecule has 0 atom stereocenters. The zero-order valence-corrected chi connectivity index (χ0v) is 15.4. The molecule has 2 rings (SSSR count). The summed E-state index contributed by atoms with van der Waals surface area (Å²) in [5, 5.41) is 0. The van der Waals surface area contributed by atoms with E-state index < -0.39 is 0 Å². The molecule has 0 aliphatic carbocycles. The number of hydrogen-bond acceptors (Lipinski definition) is 5. The lowest BCUT2D eigenvalue weighted by Gasteiger charge is -2.12. The van der Waals surface area contributed by atoms with Gasteiger partial charge in [0.25, 0.3) is 0 Å². The summed E-state index contributed by atoms with van der Waals surface area (Å²) in [7, 11) is 4.77. The third-order valence-electron chi connectivity index (χ3n) is 3.54. The van der Waals surface area contributed by atoms with Gasteiger partial charge in [-0.1, -0.05) is 18.7 Å². The molecule has 0 amide bonds. The average molecular weight is 356 g/mol. The standard InChI is InChI=1S/C21H24O5/c1-5-12-25-17-8-10-18(11-9-17)26-13-6-7-16-14-19(22-2)21(24-4)20(15-16)23-3/h5-11,14-15H,1,12-13H2,2-4H3/b7-6+. The van der Waals surface area contributed by atoms with Crippen molar-refractivity contribution in [1.29, 1.82) is 0 Å². The van der Waals surface area contributed by atoms with E-state index in [9.17, 15) is 0 Å². The van der Waals surface area contributed by atoms with Gasteiger partial charge in [0.2, 0.25) is 5.75 Å². The fourth-order valence-corrected chi connectivity index (χ4v) is 2.31. The second-order valence-corrected chi connectivity index (χ2v) is 5.24. The molecule has 0 saturated carbocycles. The summed E-state index contributed by atoms with van der Waals surface area (Å²) >= 11 is 0. The summed E-state index contributed by atoms with van der Waals surface area (Å²) < 4.78 is 27.1. The van der Waals surface area contributed by atoms with Gasteiger partial charge in [-0.3, -0.25) is 0 Å². The van der Waals surface area contributed by atoms with E-state index in [0.717, 1.165) is 17.1 Å². The van der Waals surface area contributed by atoms with Gasteiger partial charge in [0.1, 0.15) is 24.7 Å². The van der Waals surface area contributed by atoms with Crippen molar-refractivity contribution in [3.05, 3.63) is 60.7 Å². The van der Waals surface area contributed by atoms with Crippen molar-refractivity contribution in [2.75, 3.05) is 34.5 Å². The van der Waals surface area contributed by atoms with Crippen LogP contribution in [-0.2, 0) is 0 Å². The van der Waals surface area contributed by atoms with Gasteiger partial charge in [-0.05, 0) is 48.0 Å². The SMILES string of the molecule is C=CCOc1ccc(OC/C=C/c2cc(OC)c(OC)c(OC)c2)cc1. The van der Waals surface area contributed by atoms with E-state index in [2.05, 4.69) is 6.58 Å². The van der Waals surface area contributed by atoms with Crippen LogP contribution in [0.2, 0.25) is 0 Å². The van der Waals surface area contributed by atoms with Crippen molar-refractivity contribution in [1.82, 2.24) is 0 Å². The summed E-state index contributed by atoms with van der Waals surface area (Å²) in [6.07, 6.45) is 5.56. The van der Waals surface area contributed by atoms with Crippen molar-refractivity contribution in [3.8, 4) is 28.7 Å². The molecule has 0 bridgehead atoms. The van der Waals surface area contributed by atoms with Gasteiger partial charge in [0.05, 0.1) is 21.3 Å². The summed E-state index contributed by atoms with van der Waals surface area (Å²) in [5.74, 6) is 3.35. The first-order valence-corrected chi connectivity index (χ1v) is 8.15. The average Bonchev–Trinajstić information content (AvgIpc) is 2.69. The predicted octanol–water partition coefficient (Wildman–Crippen LogP) is 4.37. The molecule has 0 heterocycles. The molecule has 0 N–H and O–H groups in total. The Kier molecular flexibility index (Phi) is 7.43. The van der Waals surface area contributed by atoms with E-state index in [4.69, 9.17) is 23.7 Å². The molecule has 0 spiro atoms. The Morgan fingerprint density at radius 2 is 1.35 bits per heavy atom. The van der Waals surface area contributed by atoms with Crippen molar-refractivity contribution >= 4 is 6.08 Å². The minimum Gasteiger partial charge on any atom is -0.493 e. The highest BCUT2D eigenvalue weighted by Gasteiger charge is 2.11. The molecular weight excluding hydrogens is 332 g/mol. The topological polar surface area (TPSA) is 46.2 Å². The summed E-state index contributed by atoms with van der Waals surface area (Å²) in [6.45, 7) is 4.54. The van der Waals surface area contributed by atoms with Gasteiger partial charge in [0, 0.05) is 0 Å². The summed E-state index contributed by atoms with van der Waals surface area (Å²) in [5.41, 5.74) is 0.927. The number of benzene rings is 2. The Balaban J connectivity index is 1.96. The van der Waals surface area contributed by atoms with Crippen molar-refractivity contribution < 1.29 is 23.7 Å². The van der Waals surface area contributed by atoms with Gasteiger partial charge in [-0.15, -0.1) is 0 Å². The molecule has 138 valence electrons. The zero-order valence-electron chi connectivity index (χ0n) is 15.4. The number of methoxy groups -OCH3 is 3. The van der Waals surface area contributed by atoms with Crippen molar-refractivity contribution in [3.63, 3.8) is 0 Å². The Bertz CT molecular complexity index is 710. The molecular formula is C21H24O5. The Morgan fingerprint density at radius 3 is 1.81 bits per heavy atom. The van der Waals surface area contributed by atoms with E-state index in [-0.39, 0.29) is 0 Å². The van der Waals surface area contributed by atoms with Crippen LogP contribution in [0.5, 0.6) is 28.7 Å². The van der Waals surface area contributed by atoms with Crippen LogP contribution < -0.4 is 23.7 Å². The molecule has 0 aliphatic rings. The Labute approximate surface area is 154 Å². The minimum atomic E-state index is 0.434. The first-order chi connectivity index (χ1) is 12.7. The van der Waals surface area contributed by atoms with Crippen LogP contribution in [0, 0.1) is 0 Å². The summed E-state index contributed by atoms with van der Waals surface area (Å²) in [6, 6.07) is 11.2. The number of hydrogen-bond donors (Lipinski definition) is 0. The van der Waals surface area contributed by atoms with Crippen molar-refractivity contribution in [2.45, 2.75) is 0 Å². The Morgan fingerprint density at radius 1 is 0.808 bits per heavy atom.